The monoisotopic (exact) mass is 1230 g/mol. The molecular formula is C70H103N15O5. The largest absolute Gasteiger partial charge is 0.359 e. The van der Waals surface area contributed by atoms with Crippen molar-refractivity contribution in [2.45, 2.75) is 202 Å². The quantitative estimate of drug-likeness (QED) is 0.0396. The lowest BCUT2D eigenvalue weighted by Gasteiger charge is -2.47. The smallest absolute Gasteiger partial charge is 0.239 e. The fourth-order valence-corrected chi connectivity index (χ4v) is 14.9. The SMILES string of the molecule is CCn1nc(NCC(=O)NC2CN(C3CCC(C(C)=O)CC3)C2)c2cc(C)ccc21.CCn1nc(NCC(=O)NC2CN(C3CCC(C(C)=O)CC3)C2)c2cc(C)ccc21.CCn1nc(NCC(=O)NC2CN(C3CCC(C(C)C)CC3)C2)c2cc(C)ccc21. The second-order valence-electron chi connectivity index (χ2n) is 27.3. The molecule has 3 aromatic heterocycles. The Balaban J connectivity index is 0.000000148. The van der Waals surface area contributed by atoms with Gasteiger partial charge in [-0.3, -0.25) is 52.7 Å². The van der Waals surface area contributed by atoms with Crippen LogP contribution in [0.3, 0.4) is 0 Å². The number of benzene rings is 3. The highest BCUT2D eigenvalue weighted by atomic mass is 16.2. The molecule has 20 heteroatoms. The molecule has 3 amide bonds. The number of Topliss-reactive ketones (excluding diaryl/α,β-unsaturated/α-hetero) is 2. The fraction of sp³-hybridized carbons (Fsp3) is 0.629. The van der Waals surface area contributed by atoms with E-state index in [0.29, 0.717) is 23.7 Å². The lowest BCUT2D eigenvalue weighted by atomic mass is 9.78. The number of hydrogen-bond donors (Lipinski definition) is 6. The molecule has 0 radical (unpaired) electrons. The summed E-state index contributed by atoms with van der Waals surface area (Å²) in [7, 11) is 0. The van der Waals surface area contributed by atoms with E-state index >= 15 is 0 Å². The number of hydrogen-bond acceptors (Lipinski definition) is 14. The Bertz CT molecular complexity index is 3280. The molecule has 6 N–H and O–H groups in total. The highest BCUT2D eigenvalue weighted by Crippen LogP contribution is 2.36. The number of nitrogens with one attached hydrogen (secondary N) is 6. The Morgan fingerprint density at radius 1 is 0.433 bits per heavy atom. The van der Waals surface area contributed by atoms with Crippen molar-refractivity contribution in [2.24, 2.45) is 23.7 Å². The van der Waals surface area contributed by atoms with Crippen molar-refractivity contribution in [1.82, 2.24) is 60.0 Å². The molecule has 0 bridgehead atoms. The zero-order valence-corrected chi connectivity index (χ0v) is 55.5. The minimum atomic E-state index is 0.00629. The van der Waals surface area contributed by atoms with E-state index in [9.17, 15) is 24.0 Å². The summed E-state index contributed by atoms with van der Waals surface area (Å²) in [6.07, 6.45) is 13.8. The number of anilines is 3. The molecule has 0 atom stereocenters. The molecule has 20 nitrogen and oxygen atoms in total. The van der Waals surface area contributed by atoms with Crippen molar-refractivity contribution in [2.75, 3.05) is 74.9 Å². The maximum atomic E-state index is 12.5. The molecule has 3 saturated heterocycles. The minimum Gasteiger partial charge on any atom is -0.359 e. The van der Waals surface area contributed by atoms with Crippen molar-refractivity contribution in [3.63, 3.8) is 0 Å². The van der Waals surface area contributed by atoms with E-state index < -0.39 is 0 Å². The van der Waals surface area contributed by atoms with Gasteiger partial charge < -0.3 is 31.9 Å². The predicted molar refractivity (Wildman–Crippen MR) is 360 cm³/mol. The molecule has 3 saturated carbocycles. The van der Waals surface area contributed by atoms with Gasteiger partial charge in [0.25, 0.3) is 0 Å². The molecule has 0 unspecified atom stereocenters. The van der Waals surface area contributed by atoms with E-state index in [1.807, 2.05) is 14.0 Å². The van der Waals surface area contributed by atoms with Crippen LogP contribution in [-0.2, 0) is 43.6 Å². The van der Waals surface area contributed by atoms with Gasteiger partial charge in [0.1, 0.15) is 11.6 Å². The van der Waals surface area contributed by atoms with Crippen LogP contribution in [0.1, 0.15) is 142 Å². The number of likely N-dealkylation sites (tertiary alicyclic amines) is 3. The van der Waals surface area contributed by atoms with Gasteiger partial charge in [-0.05, 0) is 181 Å². The third-order valence-electron chi connectivity index (χ3n) is 20.5. The number of carbonyl (C=O) groups is 5. The maximum absolute atomic E-state index is 12.5. The van der Waals surface area contributed by atoms with Crippen LogP contribution in [0.4, 0.5) is 17.5 Å². The van der Waals surface area contributed by atoms with Crippen molar-refractivity contribution < 1.29 is 24.0 Å². The molecule has 6 aliphatic rings. The van der Waals surface area contributed by atoms with Gasteiger partial charge in [0, 0.05) is 105 Å². The van der Waals surface area contributed by atoms with Crippen molar-refractivity contribution >= 4 is 79.5 Å². The summed E-state index contributed by atoms with van der Waals surface area (Å²) in [6.45, 7) is 29.3. The van der Waals surface area contributed by atoms with Gasteiger partial charge in [-0.25, -0.2) is 0 Å². The molecule has 6 aromatic rings. The number of aromatic nitrogens is 6. The number of fused-ring (bicyclic) bond motifs is 3. The van der Waals surface area contributed by atoms with Gasteiger partial charge in [-0.15, -0.1) is 0 Å². The Morgan fingerprint density at radius 2 is 0.711 bits per heavy atom. The maximum Gasteiger partial charge on any atom is 0.239 e. The summed E-state index contributed by atoms with van der Waals surface area (Å²) in [4.78, 5) is 67.9. The molecule has 0 spiro atoms. The van der Waals surface area contributed by atoms with Crippen molar-refractivity contribution in [1.29, 1.82) is 0 Å². The number of ketones is 2. The third kappa shape index (κ3) is 16.2. The van der Waals surface area contributed by atoms with Crippen LogP contribution in [-0.4, -0.2) is 168 Å². The van der Waals surface area contributed by atoms with Crippen LogP contribution in [0.5, 0.6) is 0 Å². The van der Waals surface area contributed by atoms with Crippen LogP contribution in [0.25, 0.3) is 32.7 Å². The first kappa shape index (κ1) is 66.0. The van der Waals surface area contributed by atoms with Crippen molar-refractivity contribution in [3.8, 4) is 0 Å². The molecular weight excluding hydrogens is 1130 g/mol. The van der Waals surface area contributed by atoms with E-state index in [1.165, 1.54) is 42.4 Å². The summed E-state index contributed by atoms with van der Waals surface area (Å²) in [5.74, 6) is 5.30. The highest BCUT2D eigenvalue weighted by Gasteiger charge is 2.39. The van der Waals surface area contributed by atoms with Crippen LogP contribution in [0.2, 0.25) is 0 Å². The number of aryl methyl sites for hydroxylation is 6. The standard InChI is InChI=1S/C24H37N5O.2C23H33N5O2/c1-5-29-22-11-6-17(4)12-21(22)24(27-29)25-13-23(30)26-19-14-28(15-19)20-9-7-18(8-10-20)16(2)3;2*1-4-28-21-10-5-15(2)11-20(21)23(26-28)24-12-22(30)25-18-13-27(14-18)19-8-6-17(7-9-19)16(3)29/h6,11-12,16,18-20H,5,7-10,13-15H2,1-4H3,(H,25,27)(H,26,30);2*5,10-11,17-19H,4,6-9,12-14H2,1-3H3,(H,24,26)(H,25,30). The van der Waals surface area contributed by atoms with Gasteiger partial charge >= 0.3 is 0 Å². The molecule has 6 fully saturated rings. The van der Waals surface area contributed by atoms with E-state index in [-0.39, 0.29) is 67.3 Å². The first-order chi connectivity index (χ1) is 43.3. The van der Waals surface area contributed by atoms with Crippen LogP contribution >= 0.6 is 0 Å². The Morgan fingerprint density at radius 3 is 0.967 bits per heavy atom. The summed E-state index contributed by atoms with van der Waals surface area (Å²) < 4.78 is 5.89. The van der Waals surface area contributed by atoms with Crippen LogP contribution in [0, 0.1) is 44.4 Å². The Kier molecular flexibility index (Phi) is 22.0. The zero-order valence-electron chi connectivity index (χ0n) is 55.5. The topological polar surface area (TPSA) is 221 Å². The van der Waals surface area contributed by atoms with Crippen LogP contribution < -0.4 is 31.9 Å². The van der Waals surface area contributed by atoms with Gasteiger partial charge in [0.05, 0.1) is 54.3 Å². The predicted octanol–water partition coefficient (Wildman–Crippen LogP) is 9.24. The number of amides is 3. The highest BCUT2D eigenvalue weighted by molar-refractivity contribution is 5.95. The molecule has 3 aliphatic heterocycles. The Hall–Kier alpha value is -6.90. The van der Waals surface area contributed by atoms with E-state index in [0.717, 1.165) is 178 Å². The molecule has 488 valence electrons. The molecule has 90 heavy (non-hydrogen) atoms. The first-order valence-electron chi connectivity index (χ1n) is 34.1. The summed E-state index contributed by atoms with van der Waals surface area (Å²) in [5, 5.41) is 36.2. The average Bonchev–Trinajstić information content (AvgIpc) is 1.60. The lowest BCUT2D eigenvalue weighted by Crippen LogP contribution is -2.63. The summed E-state index contributed by atoms with van der Waals surface area (Å²) in [6, 6.07) is 21.5. The zero-order chi connectivity index (χ0) is 63.8. The Labute approximate surface area is 533 Å². The lowest BCUT2D eigenvalue weighted by molar-refractivity contribution is -0.123. The molecule has 3 aromatic carbocycles. The normalized spacial score (nSPS) is 22.7. The first-order valence-corrected chi connectivity index (χ1v) is 34.1. The summed E-state index contributed by atoms with van der Waals surface area (Å²) >= 11 is 0. The second kappa shape index (κ2) is 30.0. The number of rotatable bonds is 21. The summed E-state index contributed by atoms with van der Waals surface area (Å²) in [5.41, 5.74) is 6.82. The third-order valence-corrected chi connectivity index (χ3v) is 20.5. The van der Waals surface area contributed by atoms with E-state index in [4.69, 9.17) is 0 Å². The molecule has 3 aliphatic carbocycles. The molecule has 12 rings (SSSR count). The minimum absolute atomic E-state index is 0.00629. The fourth-order valence-electron chi connectivity index (χ4n) is 14.9. The van der Waals surface area contributed by atoms with Gasteiger partial charge in [-0.2, -0.15) is 15.3 Å². The van der Waals surface area contributed by atoms with Gasteiger partial charge in [0.2, 0.25) is 17.7 Å². The van der Waals surface area contributed by atoms with E-state index in [2.05, 4.69) is 172 Å². The van der Waals surface area contributed by atoms with Gasteiger partial charge in [0.15, 0.2) is 17.5 Å². The van der Waals surface area contributed by atoms with Gasteiger partial charge in [-0.1, -0.05) is 48.7 Å². The van der Waals surface area contributed by atoms with Crippen molar-refractivity contribution in [3.05, 3.63) is 71.3 Å². The average molecular weight is 1230 g/mol. The van der Waals surface area contributed by atoms with E-state index in [1.54, 1.807) is 13.8 Å². The van der Waals surface area contributed by atoms with Crippen LogP contribution in [0.15, 0.2) is 54.6 Å². The second-order valence-corrected chi connectivity index (χ2v) is 27.3. The number of nitrogens with zero attached hydrogens (tertiary/aromatic N) is 9. The number of carbonyl (C=O) groups excluding carboxylic acids is 5. The molecule has 6 heterocycles.